The summed E-state index contributed by atoms with van der Waals surface area (Å²) in [5.74, 6) is 0.822. The zero-order valence-corrected chi connectivity index (χ0v) is 8.78. The fraction of sp³-hybridized carbons (Fsp3) is 0.727. The summed E-state index contributed by atoms with van der Waals surface area (Å²) in [7, 11) is 2.17. The molecule has 0 radical (unpaired) electrons. The Hall–Kier alpha value is -0.920. The lowest BCUT2D eigenvalue weighted by Gasteiger charge is -2.28. The quantitative estimate of drug-likeness (QED) is 0.387. The third-order valence-electron chi connectivity index (χ3n) is 2.74. The van der Waals surface area contributed by atoms with Gasteiger partial charge < -0.3 is 4.90 Å². The van der Waals surface area contributed by atoms with E-state index in [9.17, 15) is 4.79 Å². The third kappa shape index (κ3) is 4.35. The van der Waals surface area contributed by atoms with Crippen molar-refractivity contribution < 1.29 is 4.79 Å². The molecule has 0 N–H and O–H groups in total. The van der Waals surface area contributed by atoms with E-state index < -0.39 is 0 Å². The smallest absolute Gasteiger partial charge is 0.235 e. The first-order valence-electron chi connectivity index (χ1n) is 5.20. The van der Waals surface area contributed by atoms with Crippen LogP contribution < -0.4 is 0 Å². The summed E-state index contributed by atoms with van der Waals surface area (Å²) < 4.78 is 0. The van der Waals surface area contributed by atoms with Crippen molar-refractivity contribution in [3.05, 3.63) is 12.2 Å². The molecule has 1 saturated heterocycles. The number of aliphatic imine (C=N–C) groups is 1. The van der Waals surface area contributed by atoms with Crippen molar-refractivity contribution >= 4 is 6.08 Å². The molecule has 0 aromatic heterocycles. The van der Waals surface area contributed by atoms with Crippen LogP contribution in [0.1, 0.15) is 19.3 Å². The fourth-order valence-corrected chi connectivity index (χ4v) is 1.75. The Labute approximate surface area is 85.5 Å². The lowest BCUT2D eigenvalue weighted by Crippen LogP contribution is -2.29. The molecule has 0 aromatic rings. The molecule has 14 heavy (non-hydrogen) atoms. The van der Waals surface area contributed by atoms with Crippen LogP contribution in [0.5, 0.6) is 0 Å². The van der Waals surface area contributed by atoms with Crippen molar-refractivity contribution in [1.82, 2.24) is 4.90 Å². The Morgan fingerprint density at radius 3 is 2.79 bits per heavy atom. The van der Waals surface area contributed by atoms with Gasteiger partial charge in [0.05, 0.1) is 6.54 Å². The second-order valence-electron chi connectivity index (χ2n) is 3.89. The molecule has 1 rings (SSSR count). The van der Waals surface area contributed by atoms with Crippen molar-refractivity contribution in [3.8, 4) is 0 Å². The molecule has 0 bridgehead atoms. The van der Waals surface area contributed by atoms with Crippen LogP contribution in [-0.4, -0.2) is 37.7 Å². The summed E-state index contributed by atoms with van der Waals surface area (Å²) >= 11 is 0. The SMILES string of the molecule is CN1CCC(C/C=C\CN=C=O)CC1. The maximum atomic E-state index is 9.77. The standard InChI is InChI=1S/C11H18N2O/c1-13-8-5-11(6-9-13)4-2-3-7-12-10-14/h2-3,11H,4-9H2,1H3/b3-2-. The molecule has 3 nitrogen and oxygen atoms in total. The van der Waals surface area contributed by atoms with Gasteiger partial charge in [0.1, 0.15) is 0 Å². The van der Waals surface area contributed by atoms with E-state index in [1.807, 2.05) is 6.08 Å². The second kappa shape index (κ2) is 6.52. The average molecular weight is 194 g/mol. The van der Waals surface area contributed by atoms with Crippen molar-refractivity contribution in [2.75, 3.05) is 26.7 Å². The maximum Gasteiger partial charge on any atom is 0.235 e. The van der Waals surface area contributed by atoms with Crippen LogP contribution in [0, 0.1) is 5.92 Å². The van der Waals surface area contributed by atoms with E-state index in [-0.39, 0.29) is 0 Å². The monoisotopic (exact) mass is 194 g/mol. The van der Waals surface area contributed by atoms with Gasteiger partial charge in [-0.15, -0.1) is 0 Å². The van der Waals surface area contributed by atoms with Gasteiger partial charge in [-0.05, 0) is 45.3 Å². The molecule has 78 valence electrons. The highest BCUT2D eigenvalue weighted by atomic mass is 16.1. The number of hydrogen-bond acceptors (Lipinski definition) is 3. The number of rotatable bonds is 4. The maximum absolute atomic E-state index is 9.77. The van der Waals surface area contributed by atoms with Gasteiger partial charge in [-0.1, -0.05) is 12.2 Å². The first-order valence-corrected chi connectivity index (χ1v) is 5.20. The van der Waals surface area contributed by atoms with Crippen LogP contribution >= 0.6 is 0 Å². The van der Waals surface area contributed by atoms with Gasteiger partial charge >= 0.3 is 0 Å². The van der Waals surface area contributed by atoms with Gasteiger partial charge in [0.25, 0.3) is 0 Å². The minimum absolute atomic E-state index is 0.482. The van der Waals surface area contributed by atoms with Gasteiger partial charge in [-0.25, -0.2) is 9.79 Å². The predicted octanol–water partition coefficient (Wildman–Crippen LogP) is 1.61. The predicted molar refractivity (Wildman–Crippen MR) is 57.0 cm³/mol. The van der Waals surface area contributed by atoms with E-state index >= 15 is 0 Å². The van der Waals surface area contributed by atoms with Crippen LogP contribution in [-0.2, 0) is 4.79 Å². The number of carbonyl (C=O) groups excluding carboxylic acids is 1. The first-order chi connectivity index (χ1) is 6.83. The molecule has 0 aliphatic carbocycles. The zero-order valence-electron chi connectivity index (χ0n) is 8.78. The average Bonchev–Trinajstić information content (AvgIpc) is 2.21. The molecule has 0 aromatic carbocycles. The number of hydrogen-bond donors (Lipinski definition) is 0. The van der Waals surface area contributed by atoms with E-state index in [1.165, 1.54) is 32.0 Å². The van der Waals surface area contributed by atoms with Gasteiger partial charge in [-0.2, -0.15) is 0 Å². The third-order valence-corrected chi connectivity index (χ3v) is 2.74. The van der Waals surface area contributed by atoms with Gasteiger partial charge in [0, 0.05) is 0 Å². The number of isocyanates is 1. The normalized spacial score (nSPS) is 19.8. The molecule has 3 heteroatoms. The molecule has 0 saturated carbocycles. The number of likely N-dealkylation sites (tertiary alicyclic amines) is 1. The summed E-state index contributed by atoms with van der Waals surface area (Å²) in [6.45, 7) is 2.91. The lowest BCUT2D eigenvalue weighted by atomic mass is 9.94. The van der Waals surface area contributed by atoms with E-state index in [0.29, 0.717) is 6.54 Å². The van der Waals surface area contributed by atoms with Gasteiger partial charge in [0.15, 0.2) is 0 Å². The van der Waals surface area contributed by atoms with Crippen LogP contribution in [0.3, 0.4) is 0 Å². The van der Waals surface area contributed by atoms with Gasteiger partial charge in [-0.3, -0.25) is 0 Å². The number of nitrogens with zero attached hydrogens (tertiary/aromatic N) is 2. The topological polar surface area (TPSA) is 32.7 Å². The molecular weight excluding hydrogens is 176 g/mol. The van der Waals surface area contributed by atoms with Crippen molar-refractivity contribution in [1.29, 1.82) is 0 Å². The molecule has 1 fully saturated rings. The molecule has 0 unspecified atom stereocenters. The Bertz CT molecular complexity index is 223. The van der Waals surface area contributed by atoms with E-state index in [1.54, 1.807) is 0 Å². The molecule has 0 amide bonds. The molecule has 0 spiro atoms. The Kier molecular flexibility index (Phi) is 5.20. The summed E-state index contributed by atoms with van der Waals surface area (Å²) in [5, 5.41) is 0. The number of piperidine rings is 1. The largest absolute Gasteiger partial charge is 0.306 e. The zero-order chi connectivity index (χ0) is 10.2. The Morgan fingerprint density at radius 1 is 1.43 bits per heavy atom. The number of allylic oxidation sites excluding steroid dienone is 1. The summed E-state index contributed by atoms with van der Waals surface area (Å²) in [6.07, 6.45) is 9.32. The van der Waals surface area contributed by atoms with E-state index in [4.69, 9.17) is 0 Å². The Morgan fingerprint density at radius 2 is 2.14 bits per heavy atom. The minimum Gasteiger partial charge on any atom is -0.306 e. The van der Waals surface area contributed by atoms with Crippen molar-refractivity contribution in [3.63, 3.8) is 0 Å². The molecule has 1 aliphatic rings. The van der Waals surface area contributed by atoms with Crippen molar-refractivity contribution in [2.24, 2.45) is 10.9 Å². The van der Waals surface area contributed by atoms with Crippen LogP contribution in [0.25, 0.3) is 0 Å². The van der Waals surface area contributed by atoms with E-state index in [0.717, 1.165) is 12.3 Å². The fourth-order valence-electron chi connectivity index (χ4n) is 1.75. The highest BCUT2D eigenvalue weighted by Crippen LogP contribution is 2.19. The Balaban J connectivity index is 2.12. The van der Waals surface area contributed by atoms with E-state index in [2.05, 4.69) is 23.0 Å². The van der Waals surface area contributed by atoms with Crippen molar-refractivity contribution in [2.45, 2.75) is 19.3 Å². The summed E-state index contributed by atoms with van der Waals surface area (Å²) in [6, 6.07) is 0. The van der Waals surface area contributed by atoms with Crippen LogP contribution in [0.15, 0.2) is 17.1 Å². The second-order valence-corrected chi connectivity index (χ2v) is 3.89. The highest BCUT2D eigenvalue weighted by molar-refractivity contribution is 5.33. The van der Waals surface area contributed by atoms with Crippen LogP contribution in [0.2, 0.25) is 0 Å². The highest BCUT2D eigenvalue weighted by Gasteiger charge is 2.14. The molecule has 1 aliphatic heterocycles. The minimum atomic E-state index is 0.482. The molecular formula is C11H18N2O. The molecule has 0 atom stereocenters. The molecule has 1 heterocycles. The first kappa shape index (κ1) is 11.2. The summed E-state index contributed by atoms with van der Waals surface area (Å²) in [5.41, 5.74) is 0. The van der Waals surface area contributed by atoms with Crippen LogP contribution in [0.4, 0.5) is 0 Å². The summed E-state index contributed by atoms with van der Waals surface area (Å²) in [4.78, 5) is 15.6. The lowest BCUT2D eigenvalue weighted by molar-refractivity contribution is 0.221. The van der Waals surface area contributed by atoms with Gasteiger partial charge in [0.2, 0.25) is 6.08 Å².